The van der Waals surface area contributed by atoms with Crippen molar-refractivity contribution in [1.82, 2.24) is 0 Å². The molecule has 0 aromatic heterocycles. The Morgan fingerprint density at radius 2 is 1.12 bits per heavy atom. The van der Waals surface area contributed by atoms with Crippen molar-refractivity contribution >= 4 is 18.2 Å². The van der Waals surface area contributed by atoms with Crippen molar-refractivity contribution < 1.29 is 29.7 Å². The van der Waals surface area contributed by atoms with Crippen molar-refractivity contribution in [3.63, 3.8) is 0 Å². The van der Waals surface area contributed by atoms with E-state index in [-0.39, 0.29) is 0 Å². The molecular weight excluding hydrogens is 232 g/mol. The van der Waals surface area contributed by atoms with E-state index in [9.17, 15) is 4.79 Å². The molecule has 0 aliphatic heterocycles. The van der Waals surface area contributed by atoms with Crippen LogP contribution in [-0.4, -0.2) is 33.5 Å². The summed E-state index contributed by atoms with van der Waals surface area (Å²) in [6.45, 7) is 0. The fourth-order valence-electron chi connectivity index (χ4n) is 0.581. The van der Waals surface area contributed by atoms with E-state index in [1.165, 1.54) is 0 Å². The molecule has 1 aromatic carbocycles. The van der Waals surface area contributed by atoms with Gasteiger partial charge in [-0.05, 0) is 12.1 Å². The second-order valence-electron chi connectivity index (χ2n) is 2.35. The number of hydrogen-bond acceptors (Lipinski definition) is 3. The number of nitrogens with two attached hydrogens (primary N) is 2. The minimum Gasteiger partial charge on any atom is -0.478 e. The second kappa shape index (κ2) is 9.77. The number of carboxylic acid groups (broad SMARTS) is 3. The Bertz CT molecular complexity index is 345. The fourth-order valence-corrected chi connectivity index (χ4v) is 0.581. The van der Waals surface area contributed by atoms with Crippen LogP contribution in [0.15, 0.2) is 30.3 Å². The van der Waals surface area contributed by atoms with E-state index in [0.29, 0.717) is 5.56 Å². The van der Waals surface area contributed by atoms with Gasteiger partial charge in [0.25, 0.3) is 0 Å². The molecule has 1 aromatic rings. The summed E-state index contributed by atoms with van der Waals surface area (Å²) in [4.78, 5) is 27.8. The van der Waals surface area contributed by atoms with Gasteiger partial charge in [-0.3, -0.25) is 0 Å². The third-order valence-corrected chi connectivity index (χ3v) is 1.02. The number of aromatic carboxylic acids is 1. The Morgan fingerprint density at radius 3 is 1.29 bits per heavy atom. The maximum absolute atomic E-state index is 10.2. The molecule has 0 fully saturated rings. The van der Waals surface area contributed by atoms with E-state index in [1.807, 2.05) is 0 Å². The van der Waals surface area contributed by atoms with Crippen molar-refractivity contribution in [2.24, 2.45) is 11.5 Å². The third kappa shape index (κ3) is 19.6. The Hall–Kier alpha value is -2.77. The first-order valence-electron chi connectivity index (χ1n) is 4.02. The molecule has 0 heterocycles. The number of primary amides is 2. The highest BCUT2D eigenvalue weighted by Gasteiger charge is 1.96. The number of hydrogen-bond donors (Lipinski definition) is 5. The van der Waals surface area contributed by atoms with Crippen molar-refractivity contribution in [1.29, 1.82) is 0 Å². The lowest BCUT2D eigenvalue weighted by Crippen LogP contribution is -2.03. The van der Waals surface area contributed by atoms with Crippen LogP contribution >= 0.6 is 0 Å². The minimum atomic E-state index is -1.33. The lowest BCUT2D eigenvalue weighted by Gasteiger charge is -1.88. The Morgan fingerprint density at radius 1 is 0.824 bits per heavy atom. The molecule has 17 heavy (non-hydrogen) atoms. The number of benzene rings is 1. The molecule has 8 nitrogen and oxygen atoms in total. The maximum atomic E-state index is 10.2. The van der Waals surface area contributed by atoms with Gasteiger partial charge in [0.2, 0.25) is 0 Å². The number of amides is 2. The largest absolute Gasteiger partial charge is 0.478 e. The highest BCUT2D eigenvalue weighted by Crippen LogP contribution is 1.96. The van der Waals surface area contributed by atoms with E-state index in [0.717, 1.165) is 0 Å². The Labute approximate surface area is 96.1 Å². The van der Waals surface area contributed by atoms with Crippen molar-refractivity contribution in [2.45, 2.75) is 0 Å². The number of rotatable bonds is 1. The van der Waals surface area contributed by atoms with Crippen LogP contribution in [0.4, 0.5) is 9.59 Å². The minimum absolute atomic E-state index is 0.331. The van der Waals surface area contributed by atoms with Gasteiger partial charge in [-0.2, -0.15) is 0 Å². The van der Waals surface area contributed by atoms with Crippen LogP contribution in [0.2, 0.25) is 0 Å². The van der Waals surface area contributed by atoms with Crippen LogP contribution in [0.1, 0.15) is 10.4 Å². The zero-order chi connectivity index (χ0) is 13.8. The summed E-state index contributed by atoms with van der Waals surface area (Å²) in [5.74, 6) is -0.879. The van der Waals surface area contributed by atoms with E-state index in [4.69, 9.17) is 24.9 Å². The van der Waals surface area contributed by atoms with Gasteiger partial charge >= 0.3 is 18.2 Å². The average Bonchev–Trinajstić information content (AvgIpc) is 2.17. The number of carboxylic acids is 1. The van der Waals surface area contributed by atoms with E-state index in [2.05, 4.69) is 11.5 Å². The molecule has 0 unspecified atom stereocenters. The molecule has 0 radical (unpaired) electrons. The van der Waals surface area contributed by atoms with Gasteiger partial charge in [-0.25, -0.2) is 14.4 Å². The van der Waals surface area contributed by atoms with E-state index in [1.54, 1.807) is 30.3 Å². The van der Waals surface area contributed by atoms with Gasteiger partial charge in [0, 0.05) is 0 Å². The van der Waals surface area contributed by atoms with Gasteiger partial charge in [-0.1, -0.05) is 18.2 Å². The van der Waals surface area contributed by atoms with Crippen LogP contribution in [0.3, 0.4) is 0 Å². The molecule has 1 rings (SSSR count). The van der Waals surface area contributed by atoms with Crippen LogP contribution in [-0.2, 0) is 0 Å². The zero-order valence-electron chi connectivity index (χ0n) is 8.61. The summed E-state index contributed by atoms with van der Waals surface area (Å²) in [7, 11) is 0. The molecule has 0 saturated heterocycles. The van der Waals surface area contributed by atoms with Crippen LogP contribution in [0.5, 0.6) is 0 Å². The van der Waals surface area contributed by atoms with Gasteiger partial charge in [0.15, 0.2) is 0 Å². The molecule has 94 valence electrons. The summed E-state index contributed by atoms with van der Waals surface area (Å²) in [6.07, 6.45) is -2.67. The quantitative estimate of drug-likeness (QED) is 0.486. The van der Waals surface area contributed by atoms with Gasteiger partial charge < -0.3 is 26.8 Å². The van der Waals surface area contributed by atoms with E-state index < -0.39 is 18.2 Å². The molecule has 0 spiro atoms. The summed E-state index contributed by atoms with van der Waals surface area (Å²) in [5.41, 5.74) is 8.39. The summed E-state index contributed by atoms with van der Waals surface area (Å²) >= 11 is 0. The monoisotopic (exact) mass is 244 g/mol. The maximum Gasteiger partial charge on any atom is 0.402 e. The molecule has 0 aliphatic carbocycles. The lowest BCUT2D eigenvalue weighted by molar-refractivity contribution is 0.0696. The number of carbonyl (C=O) groups is 3. The molecule has 0 aliphatic rings. The van der Waals surface area contributed by atoms with Crippen LogP contribution in [0.25, 0.3) is 0 Å². The third-order valence-electron chi connectivity index (χ3n) is 1.02. The normalized spacial score (nSPS) is 7.53. The first-order valence-corrected chi connectivity index (χ1v) is 4.02. The first kappa shape index (κ1) is 16.7. The van der Waals surface area contributed by atoms with Crippen molar-refractivity contribution in [2.75, 3.05) is 0 Å². The molecule has 7 N–H and O–H groups in total. The van der Waals surface area contributed by atoms with Gasteiger partial charge in [-0.15, -0.1) is 0 Å². The molecule has 2 amide bonds. The SMILES string of the molecule is NC(=O)O.NC(=O)O.O=C(O)c1ccccc1. The highest BCUT2D eigenvalue weighted by atomic mass is 16.4. The first-order chi connectivity index (χ1) is 7.77. The molecular formula is C9H12N2O6. The molecule has 8 heteroatoms. The Balaban J connectivity index is 0. The fraction of sp³-hybridized carbons (Fsp3) is 0. The predicted molar refractivity (Wildman–Crippen MR) is 57.8 cm³/mol. The summed E-state index contributed by atoms with van der Waals surface area (Å²) in [5, 5.41) is 22.8. The molecule has 0 atom stereocenters. The highest BCUT2D eigenvalue weighted by molar-refractivity contribution is 5.87. The topological polar surface area (TPSA) is 164 Å². The molecule has 0 bridgehead atoms. The standard InChI is InChI=1S/C7H6O2.2CH3NO2/c8-7(9)6-4-2-1-3-5-6;2*2-1(3)4/h1-5H,(H,8,9);2*2H2,(H,3,4). The predicted octanol–water partition coefficient (Wildman–Crippen LogP) is 0.631. The molecule has 0 saturated carbocycles. The van der Waals surface area contributed by atoms with Gasteiger partial charge in [0.05, 0.1) is 5.56 Å². The summed E-state index contributed by atoms with van der Waals surface area (Å²) in [6, 6.07) is 8.30. The smallest absolute Gasteiger partial charge is 0.402 e. The summed E-state index contributed by atoms with van der Waals surface area (Å²) < 4.78 is 0. The zero-order valence-corrected chi connectivity index (χ0v) is 8.61. The Kier molecular flexibility index (Phi) is 9.57. The van der Waals surface area contributed by atoms with Crippen LogP contribution < -0.4 is 11.5 Å². The van der Waals surface area contributed by atoms with Crippen molar-refractivity contribution in [3.8, 4) is 0 Å². The van der Waals surface area contributed by atoms with Crippen molar-refractivity contribution in [3.05, 3.63) is 35.9 Å². The van der Waals surface area contributed by atoms with Crippen LogP contribution in [0, 0.1) is 0 Å². The van der Waals surface area contributed by atoms with Gasteiger partial charge in [0.1, 0.15) is 0 Å². The average molecular weight is 244 g/mol. The second-order valence-corrected chi connectivity index (χ2v) is 2.35. The van der Waals surface area contributed by atoms with E-state index >= 15 is 0 Å². The lowest BCUT2D eigenvalue weighted by atomic mass is 10.2.